The fourth-order valence-corrected chi connectivity index (χ4v) is 3.39. The number of carbonyl (C=O) groups is 4. The Kier molecular flexibility index (Phi) is 8.34. The van der Waals surface area contributed by atoms with Crippen molar-refractivity contribution in [3.05, 3.63) is 18.2 Å². The monoisotopic (exact) mass is 422 g/mol. The molecule has 6 N–H and O–H groups in total. The molecule has 2 rings (SSSR count). The zero-order valence-electron chi connectivity index (χ0n) is 17.3. The van der Waals surface area contributed by atoms with Crippen LogP contribution in [0, 0.1) is 5.92 Å². The van der Waals surface area contributed by atoms with Crippen molar-refractivity contribution in [3.8, 4) is 0 Å². The Labute approximate surface area is 174 Å². The number of hydrogen-bond acceptors (Lipinski definition) is 6. The molecule has 0 saturated carbocycles. The average Bonchev–Trinajstić information content (AvgIpc) is 3.40. The van der Waals surface area contributed by atoms with Gasteiger partial charge >= 0.3 is 5.97 Å². The molecule has 11 heteroatoms. The third-order valence-electron chi connectivity index (χ3n) is 5.39. The van der Waals surface area contributed by atoms with E-state index in [1.165, 1.54) is 11.2 Å². The first-order valence-corrected chi connectivity index (χ1v) is 10.1. The van der Waals surface area contributed by atoms with Crippen molar-refractivity contribution in [2.45, 2.75) is 57.7 Å². The first-order valence-electron chi connectivity index (χ1n) is 10.1. The lowest BCUT2D eigenvalue weighted by Gasteiger charge is -2.27. The van der Waals surface area contributed by atoms with Gasteiger partial charge in [-0.1, -0.05) is 20.3 Å². The lowest BCUT2D eigenvalue weighted by Crippen LogP contribution is -2.54. The average molecular weight is 422 g/mol. The maximum Gasteiger partial charge on any atom is 0.326 e. The molecule has 0 aromatic carbocycles. The minimum absolute atomic E-state index is 0.227. The molecule has 1 saturated heterocycles. The number of aromatic amines is 1. The highest BCUT2D eigenvalue weighted by atomic mass is 16.4. The van der Waals surface area contributed by atoms with Crippen LogP contribution in [0.25, 0.3) is 0 Å². The lowest BCUT2D eigenvalue weighted by atomic mass is 9.99. The van der Waals surface area contributed by atoms with E-state index in [0.29, 0.717) is 31.5 Å². The molecule has 0 unspecified atom stereocenters. The summed E-state index contributed by atoms with van der Waals surface area (Å²) < 4.78 is 0. The van der Waals surface area contributed by atoms with E-state index in [9.17, 15) is 24.3 Å². The summed E-state index contributed by atoms with van der Waals surface area (Å²) in [6, 6.07) is -2.62. The predicted molar refractivity (Wildman–Crippen MR) is 107 cm³/mol. The molecule has 11 nitrogen and oxygen atoms in total. The highest BCUT2D eigenvalue weighted by Crippen LogP contribution is 2.18. The molecule has 30 heavy (non-hydrogen) atoms. The Morgan fingerprint density at radius 2 is 2.13 bits per heavy atom. The SMILES string of the molecule is CC[C@H](C)[C@H](NC(=O)[C@@H]1CCCN1C(=O)CNC(=O)[C@@H](N)Cc1c[nH]cn1)C(=O)O. The van der Waals surface area contributed by atoms with Crippen LogP contribution in [0.4, 0.5) is 0 Å². The number of nitrogens with one attached hydrogen (secondary N) is 3. The second kappa shape index (κ2) is 10.7. The van der Waals surface area contributed by atoms with Gasteiger partial charge in [-0.15, -0.1) is 0 Å². The van der Waals surface area contributed by atoms with Crippen molar-refractivity contribution in [1.29, 1.82) is 0 Å². The number of nitrogens with zero attached hydrogens (tertiary/aromatic N) is 2. The van der Waals surface area contributed by atoms with Crippen LogP contribution in [0.3, 0.4) is 0 Å². The number of rotatable bonds is 10. The fourth-order valence-electron chi connectivity index (χ4n) is 3.39. The molecule has 3 amide bonds. The van der Waals surface area contributed by atoms with Crippen molar-refractivity contribution in [1.82, 2.24) is 25.5 Å². The molecule has 1 aromatic rings. The third-order valence-corrected chi connectivity index (χ3v) is 5.39. The molecule has 0 radical (unpaired) electrons. The van der Waals surface area contributed by atoms with E-state index < -0.39 is 41.8 Å². The summed E-state index contributed by atoms with van der Waals surface area (Å²) in [5.74, 6) is -2.74. The second-order valence-electron chi connectivity index (χ2n) is 7.54. The van der Waals surface area contributed by atoms with Gasteiger partial charge in [0.2, 0.25) is 17.7 Å². The molecule has 2 heterocycles. The van der Waals surface area contributed by atoms with Crippen LogP contribution in [-0.4, -0.2) is 74.9 Å². The highest BCUT2D eigenvalue weighted by molar-refractivity contribution is 5.93. The van der Waals surface area contributed by atoms with Crippen LogP contribution >= 0.6 is 0 Å². The van der Waals surface area contributed by atoms with Gasteiger partial charge in [0.25, 0.3) is 0 Å². The summed E-state index contributed by atoms with van der Waals surface area (Å²) in [5, 5.41) is 14.4. The maximum absolute atomic E-state index is 12.6. The van der Waals surface area contributed by atoms with Crippen LogP contribution in [-0.2, 0) is 25.6 Å². The lowest BCUT2D eigenvalue weighted by molar-refractivity contribution is -0.145. The van der Waals surface area contributed by atoms with Gasteiger partial charge in [-0.2, -0.15) is 0 Å². The molecule has 1 aliphatic rings. The Morgan fingerprint density at radius 1 is 1.40 bits per heavy atom. The minimum Gasteiger partial charge on any atom is -0.480 e. The smallest absolute Gasteiger partial charge is 0.326 e. The zero-order chi connectivity index (χ0) is 22.3. The number of carboxylic acids is 1. The molecule has 0 bridgehead atoms. The number of hydrogen-bond donors (Lipinski definition) is 5. The molecule has 1 aliphatic heterocycles. The largest absolute Gasteiger partial charge is 0.480 e. The summed E-state index contributed by atoms with van der Waals surface area (Å²) in [6.07, 6.45) is 5.00. The van der Waals surface area contributed by atoms with Gasteiger partial charge in [0.15, 0.2) is 0 Å². The fraction of sp³-hybridized carbons (Fsp3) is 0.632. The van der Waals surface area contributed by atoms with E-state index in [1.54, 1.807) is 13.1 Å². The summed E-state index contributed by atoms with van der Waals surface area (Å²) in [4.78, 5) is 57.0. The Hall–Kier alpha value is -2.95. The van der Waals surface area contributed by atoms with Crippen LogP contribution in [0.2, 0.25) is 0 Å². The first kappa shape index (κ1) is 23.3. The number of amides is 3. The van der Waals surface area contributed by atoms with E-state index in [-0.39, 0.29) is 18.9 Å². The van der Waals surface area contributed by atoms with Crippen molar-refractivity contribution in [2.24, 2.45) is 11.7 Å². The number of imidazole rings is 1. The van der Waals surface area contributed by atoms with Gasteiger partial charge in [-0.05, 0) is 18.8 Å². The van der Waals surface area contributed by atoms with Crippen LogP contribution in [0.5, 0.6) is 0 Å². The number of nitrogens with two attached hydrogens (primary N) is 1. The molecule has 0 aliphatic carbocycles. The Balaban J connectivity index is 1.89. The highest BCUT2D eigenvalue weighted by Gasteiger charge is 2.36. The third kappa shape index (κ3) is 6.02. The molecular weight excluding hydrogens is 392 g/mol. The van der Waals surface area contributed by atoms with Crippen molar-refractivity contribution in [3.63, 3.8) is 0 Å². The van der Waals surface area contributed by atoms with Crippen LogP contribution < -0.4 is 16.4 Å². The zero-order valence-corrected chi connectivity index (χ0v) is 17.3. The number of aromatic nitrogens is 2. The van der Waals surface area contributed by atoms with Gasteiger partial charge < -0.3 is 31.4 Å². The van der Waals surface area contributed by atoms with Crippen LogP contribution in [0.1, 0.15) is 38.8 Å². The Morgan fingerprint density at radius 3 is 2.73 bits per heavy atom. The predicted octanol–water partition coefficient (Wildman–Crippen LogP) is -0.998. The quantitative estimate of drug-likeness (QED) is 0.322. The van der Waals surface area contributed by atoms with E-state index in [4.69, 9.17) is 5.73 Å². The van der Waals surface area contributed by atoms with Gasteiger partial charge in [0, 0.05) is 19.2 Å². The number of H-pyrrole nitrogens is 1. The standard InChI is InChI=1S/C19H30N6O5/c1-3-11(2)16(19(29)30)24-18(28)14-5-4-6-25(14)15(26)9-22-17(27)13(20)7-12-8-21-10-23-12/h8,10-11,13-14,16H,3-7,9,20H2,1-2H3,(H,21,23)(H,22,27)(H,24,28)(H,29,30)/t11-,13-,14-,16-/m0/s1. The van der Waals surface area contributed by atoms with E-state index in [0.717, 1.165) is 0 Å². The second-order valence-corrected chi connectivity index (χ2v) is 7.54. The van der Waals surface area contributed by atoms with E-state index >= 15 is 0 Å². The van der Waals surface area contributed by atoms with Crippen molar-refractivity contribution in [2.75, 3.05) is 13.1 Å². The number of carbonyl (C=O) groups excluding carboxylic acids is 3. The van der Waals surface area contributed by atoms with Gasteiger partial charge in [-0.25, -0.2) is 9.78 Å². The van der Waals surface area contributed by atoms with Crippen LogP contribution in [0.15, 0.2) is 12.5 Å². The van der Waals surface area contributed by atoms with Gasteiger partial charge in [0.1, 0.15) is 12.1 Å². The van der Waals surface area contributed by atoms with E-state index in [2.05, 4.69) is 20.6 Å². The summed E-state index contributed by atoms with van der Waals surface area (Å²) >= 11 is 0. The molecule has 0 spiro atoms. The number of aliphatic carboxylic acids is 1. The van der Waals surface area contributed by atoms with Crippen molar-refractivity contribution >= 4 is 23.7 Å². The number of likely N-dealkylation sites (tertiary alicyclic amines) is 1. The molecule has 1 fully saturated rings. The Bertz CT molecular complexity index is 753. The van der Waals surface area contributed by atoms with Gasteiger partial charge in [0.05, 0.1) is 24.6 Å². The topological polar surface area (TPSA) is 171 Å². The molecule has 166 valence electrons. The molecule has 4 atom stereocenters. The first-order chi connectivity index (χ1) is 14.2. The molecular formula is C19H30N6O5. The summed E-state index contributed by atoms with van der Waals surface area (Å²) in [7, 11) is 0. The van der Waals surface area contributed by atoms with Gasteiger partial charge in [-0.3, -0.25) is 14.4 Å². The maximum atomic E-state index is 12.6. The molecule has 1 aromatic heterocycles. The minimum atomic E-state index is -1.10. The normalized spacial score (nSPS) is 19.0. The summed E-state index contributed by atoms with van der Waals surface area (Å²) in [6.45, 7) is 3.67. The van der Waals surface area contributed by atoms with E-state index in [1.807, 2.05) is 6.92 Å². The summed E-state index contributed by atoms with van der Waals surface area (Å²) in [5.41, 5.74) is 6.47. The van der Waals surface area contributed by atoms with Crippen molar-refractivity contribution < 1.29 is 24.3 Å². The number of carboxylic acid groups (broad SMARTS) is 1.